The maximum atomic E-state index is 8.95. The first-order chi connectivity index (χ1) is 4.83. The molecule has 0 aliphatic carbocycles. The van der Waals surface area contributed by atoms with Gasteiger partial charge in [0.05, 0.1) is 31.7 Å². The summed E-state index contributed by atoms with van der Waals surface area (Å²) >= 11 is 0. The summed E-state index contributed by atoms with van der Waals surface area (Å²) in [6.45, 7) is 1.49. The van der Waals surface area contributed by atoms with Crippen LogP contribution >= 0.6 is 0 Å². The second-order valence-electron chi connectivity index (χ2n) is 2.25. The number of nitrogens with zero attached hydrogens (tertiary/aromatic N) is 2. The molecule has 0 aromatic carbocycles. The molecule has 1 rings (SSSR count). The fraction of sp³-hybridized carbons (Fsp3) is 0.833. The number of hydrogen-bond donors (Lipinski definition) is 1. The molecule has 1 N–H and O–H groups in total. The molecule has 4 heteroatoms. The van der Waals surface area contributed by atoms with Crippen LogP contribution in [0.4, 0.5) is 0 Å². The minimum absolute atomic E-state index is 0.366. The zero-order valence-corrected chi connectivity index (χ0v) is 5.66. The lowest BCUT2D eigenvalue weighted by molar-refractivity contribution is -0.108. The molecule has 0 unspecified atom stereocenters. The molecule has 0 aromatic rings. The van der Waals surface area contributed by atoms with Gasteiger partial charge in [-0.25, -0.2) is 0 Å². The molecule has 0 saturated carbocycles. The van der Waals surface area contributed by atoms with Gasteiger partial charge in [-0.1, -0.05) is 0 Å². The van der Waals surface area contributed by atoms with Crippen LogP contribution in [-0.2, 0) is 4.84 Å². The van der Waals surface area contributed by atoms with Gasteiger partial charge in [-0.15, -0.1) is 0 Å². The minimum Gasteiger partial charge on any atom is -0.389 e. The number of aliphatic hydroxyl groups is 1. The van der Waals surface area contributed by atoms with Gasteiger partial charge in [0.25, 0.3) is 0 Å². The van der Waals surface area contributed by atoms with Gasteiger partial charge in [-0.2, -0.15) is 10.3 Å². The second kappa shape index (κ2) is 3.52. The Morgan fingerprint density at radius 3 is 3.10 bits per heavy atom. The van der Waals surface area contributed by atoms with Crippen LogP contribution in [0.25, 0.3) is 0 Å². The van der Waals surface area contributed by atoms with E-state index in [4.69, 9.17) is 15.2 Å². The van der Waals surface area contributed by atoms with Crippen molar-refractivity contribution in [2.45, 2.75) is 12.5 Å². The van der Waals surface area contributed by atoms with Gasteiger partial charge in [0, 0.05) is 6.54 Å². The second-order valence-corrected chi connectivity index (χ2v) is 2.25. The van der Waals surface area contributed by atoms with E-state index in [0.717, 1.165) is 0 Å². The number of hydroxylamine groups is 2. The van der Waals surface area contributed by atoms with Crippen LogP contribution in [0, 0.1) is 11.3 Å². The third-order valence-corrected chi connectivity index (χ3v) is 1.34. The Labute approximate surface area is 59.6 Å². The molecule has 0 radical (unpaired) electrons. The van der Waals surface area contributed by atoms with Crippen molar-refractivity contribution in [1.29, 1.82) is 5.26 Å². The number of β-amino-alcohol motifs (C(OH)–C–C–N with tert-alkyl or cyclic N) is 1. The molecule has 1 aliphatic rings. The van der Waals surface area contributed by atoms with E-state index in [1.165, 1.54) is 0 Å². The van der Waals surface area contributed by atoms with Gasteiger partial charge in [-0.05, 0) is 0 Å². The summed E-state index contributed by atoms with van der Waals surface area (Å²) in [6.07, 6.45) is 0.0749. The smallest absolute Gasteiger partial charge is 0.0958 e. The monoisotopic (exact) mass is 142 g/mol. The van der Waals surface area contributed by atoms with Crippen LogP contribution < -0.4 is 0 Å². The van der Waals surface area contributed by atoms with Crippen LogP contribution in [0.1, 0.15) is 6.42 Å². The Bertz CT molecular complexity index is 143. The maximum Gasteiger partial charge on any atom is 0.0958 e. The topological polar surface area (TPSA) is 56.5 Å². The lowest BCUT2D eigenvalue weighted by atomic mass is 10.4. The molecule has 1 atom stereocenters. The first kappa shape index (κ1) is 7.48. The van der Waals surface area contributed by atoms with Gasteiger partial charge < -0.3 is 5.11 Å². The summed E-state index contributed by atoms with van der Waals surface area (Å²) in [5.74, 6) is 0. The van der Waals surface area contributed by atoms with Crippen LogP contribution in [-0.4, -0.2) is 36.0 Å². The number of hydrogen-bond acceptors (Lipinski definition) is 4. The summed E-state index contributed by atoms with van der Waals surface area (Å²) in [6, 6.07) is 2.01. The quantitative estimate of drug-likeness (QED) is 0.565. The molecule has 1 saturated heterocycles. The predicted octanol–water partition coefficient (Wildman–Crippen LogP) is -0.492. The molecular weight excluding hydrogens is 132 g/mol. The first-order valence-electron chi connectivity index (χ1n) is 3.26. The van der Waals surface area contributed by atoms with Crippen molar-refractivity contribution >= 4 is 0 Å². The van der Waals surface area contributed by atoms with Crippen molar-refractivity contribution < 1.29 is 9.94 Å². The molecule has 0 bridgehead atoms. The zero-order chi connectivity index (χ0) is 7.40. The van der Waals surface area contributed by atoms with Crippen molar-refractivity contribution in [2.75, 3.05) is 19.7 Å². The standard InChI is InChI=1S/C6H10N2O2/c7-2-1-3-8-4-6(9)5-10-8/h6,9H,1,3-5H2/t6-/m0/s1. The molecule has 0 spiro atoms. The molecule has 1 fully saturated rings. The third kappa shape index (κ3) is 1.95. The maximum absolute atomic E-state index is 8.95. The largest absolute Gasteiger partial charge is 0.389 e. The van der Waals surface area contributed by atoms with Crippen molar-refractivity contribution in [2.24, 2.45) is 0 Å². The third-order valence-electron chi connectivity index (χ3n) is 1.34. The summed E-state index contributed by atoms with van der Waals surface area (Å²) in [4.78, 5) is 5.00. The predicted molar refractivity (Wildman–Crippen MR) is 33.8 cm³/mol. The van der Waals surface area contributed by atoms with Crippen molar-refractivity contribution in [3.8, 4) is 6.07 Å². The lowest BCUT2D eigenvalue weighted by Crippen LogP contribution is -2.21. The molecular formula is C6H10N2O2. The van der Waals surface area contributed by atoms with Gasteiger partial charge in [0.1, 0.15) is 0 Å². The number of nitriles is 1. The van der Waals surface area contributed by atoms with Crippen LogP contribution in [0.5, 0.6) is 0 Å². The summed E-state index contributed by atoms with van der Waals surface area (Å²) in [5, 5.41) is 18.8. The normalized spacial score (nSPS) is 26.6. The van der Waals surface area contributed by atoms with Gasteiger partial charge in [0.15, 0.2) is 0 Å². The SMILES string of the molecule is N#CCCN1C[C@H](O)CO1. The van der Waals surface area contributed by atoms with E-state index >= 15 is 0 Å². The highest BCUT2D eigenvalue weighted by Gasteiger charge is 2.20. The molecule has 0 aromatic heterocycles. The van der Waals surface area contributed by atoms with E-state index in [1.807, 2.05) is 6.07 Å². The van der Waals surface area contributed by atoms with Gasteiger partial charge in [-0.3, -0.25) is 4.84 Å². The molecule has 1 heterocycles. The van der Waals surface area contributed by atoms with E-state index < -0.39 is 0 Å². The van der Waals surface area contributed by atoms with Crippen molar-refractivity contribution in [3.63, 3.8) is 0 Å². The fourth-order valence-electron chi connectivity index (χ4n) is 0.862. The average molecular weight is 142 g/mol. The molecule has 0 amide bonds. The summed E-state index contributed by atoms with van der Waals surface area (Å²) < 4.78 is 0. The molecule has 56 valence electrons. The fourth-order valence-corrected chi connectivity index (χ4v) is 0.862. The Morgan fingerprint density at radius 1 is 1.80 bits per heavy atom. The lowest BCUT2D eigenvalue weighted by Gasteiger charge is -2.09. The average Bonchev–Trinajstić information content (AvgIpc) is 2.31. The number of aliphatic hydroxyl groups excluding tert-OH is 1. The Hall–Kier alpha value is -0.630. The Balaban J connectivity index is 2.14. The molecule has 1 aliphatic heterocycles. The van der Waals surface area contributed by atoms with Gasteiger partial charge >= 0.3 is 0 Å². The van der Waals surface area contributed by atoms with Gasteiger partial charge in [0.2, 0.25) is 0 Å². The van der Waals surface area contributed by atoms with E-state index in [2.05, 4.69) is 0 Å². The highest BCUT2D eigenvalue weighted by molar-refractivity contribution is 4.72. The Kier molecular flexibility index (Phi) is 2.63. The van der Waals surface area contributed by atoms with Crippen LogP contribution in [0.3, 0.4) is 0 Å². The highest BCUT2D eigenvalue weighted by atomic mass is 16.7. The van der Waals surface area contributed by atoms with Crippen LogP contribution in [0.15, 0.2) is 0 Å². The summed E-state index contributed by atoms with van der Waals surface area (Å²) in [7, 11) is 0. The minimum atomic E-state index is -0.376. The van der Waals surface area contributed by atoms with Crippen molar-refractivity contribution in [1.82, 2.24) is 5.06 Å². The van der Waals surface area contributed by atoms with E-state index in [1.54, 1.807) is 5.06 Å². The van der Waals surface area contributed by atoms with Crippen molar-refractivity contribution in [3.05, 3.63) is 0 Å². The van der Waals surface area contributed by atoms with E-state index in [9.17, 15) is 0 Å². The molecule has 10 heavy (non-hydrogen) atoms. The zero-order valence-electron chi connectivity index (χ0n) is 5.66. The highest BCUT2D eigenvalue weighted by Crippen LogP contribution is 2.04. The van der Waals surface area contributed by atoms with E-state index in [0.29, 0.717) is 26.1 Å². The van der Waals surface area contributed by atoms with Crippen LogP contribution in [0.2, 0.25) is 0 Å². The Morgan fingerprint density at radius 2 is 2.60 bits per heavy atom. The molecule has 4 nitrogen and oxygen atoms in total. The number of rotatable bonds is 2. The first-order valence-corrected chi connectivity index (χ1v) is 3.26. The van der Waals surface area contributed by atoms with E-state index in [-0.39, 0.29) is 6.10 Å². The summed E-state index contributed by atoms with van der Waals surface area (Å²) in [5.41, 5.74) is 0.